The third kappa shape index (κ3) is 1.99. The number of fused-ring (bicyclic) bond motifs is 1. The van der Waals surface area contributed by atoms with E-state index in [9.17, 15) is 4.79 Å². The maximum absolute atomic E-state index is 11.4. The Bertz CT molecular complexity index is 646. The lowest BCUT2D eigenvalue weighted by molar-refractivity contribution is -0.118. The molecular weight excluding hydrogens is 226 g/mol. The molecule has 0 saturated heterocycles. The monoisotopic (exact) mass is 239 g/mol. The first-order valence-electron chi connectivity index (χ1n) is 5.94. The average Bonchev–Trinajstić information content (AvgIpc) is 2.38. The second-order valence-electron chi connectivity index (χ2n) is 4.50. The number of ether oxygens (including phenoxy) is 1. The van der Waals surface area contributed by atoms with Crippen LogP contribution in [0.2, 0.25) is 0 Å². The van der Waals surface area contributed by atoms with Gasteiger partial charge in [-0.2, -0.15) is 0 Å². The highest BCUT2D eigenvalue weighted by molar-refractivity contribution is 5.90. The van der Waals surface area contributed by atoms with Crippen molar-refractivity contribution >= 4 is 16.7 Å². The van der Waals surface area contributed by atoms with Crippen molar-refractivity contribution in [3.8, 4) is 0 Å². The van der Waals surface area contributed by atoms with E-state index in [2.05, 4.69) is 4.98 Å². The minimum Gasteiger partial charge on any atom is -0.493 e. The van der Waals surface area contributed by atoms with Gasteiger partial charge in [0.2, 0.25) is 0 Å². The van der Waals surface area contributed by atoms with Crippen molar-refractivity contribution in [3.63, 3.8) is 0 Å². The number of benzene rings is 1. The van der Waals surface area contributed by atoms with Crippen LogP contribution in [0.15, 0.2) is 42.7 Å². The van der Waals surface area contributed by atoms with E-state index in [0.29, 0.717) is 6.42 Å². The highest BCUT2D eigenvalue weighted by Gasteiger charge is 2.18. The minimum absolute atomic E-state index is 0.105. The van der Waals surface area contributed by atoms with Gasteiger partial charge >= 0.3 is 0 Å². The third-order valence-corrected chi connectivity index (χ3v) is 3.11. The Morgan fingerprint density at radius 1 is 1.28 bits per heavy atom. The number of nitrogens with zero attached hydrogens (tertiary/aromatic N) is 1. The topological polar surface area (TPSA) is 39.2 Å². The maximum Gasteiger partial charge on any atom is 0.162 e. The lowest BCUT2D eigenvalue weighted by Crippen LogP contribution is -2.11. The van der Waals surface area contributed by atoms with Gasteiger partial charge in [-0.1, -0.05) is 12.1 Å². The van der Waals surface area contributed by atoms with Crippen LogP contribution in [0.1, 0.15) is 23.8 Å². The number of aryl methyl sites for hydroxylation is 1. The molecule has 1 aromatic carbocycles. The summed E-state index contributed by atoms with van der Waals surface area (Å²) in [5.41, 5.74) is 2.99. The largest absolute Gasteiger partial charge is 0.493 e. The molecule has 3 heteroatoms. The number of hydrogen-bond donors (Lipinski definition) is 0. The van der Waals surface area contributed by atoms with Crippen LogP contribution in [0, 0.1) is 6.92 Å². The smallest absolute Gasteiger partial charge is 0.162 e. The number of allylic oxidation sites excluding steroid dienone is 1. The zero-order valence-electron chi connectivity index (χ0n) is 10.1. The van der Waals surface area contributed by atoms with Crippen molar-refractivity contribution < 1.29 is 9.53 Å². The van der Waals surface area contributed by atoms with Crippen LogP contribution in [0.25, 0.3) is 10.9 Å². The molecule has 18 heavy (non-hydrogen) atoms. The van der Waals surface area contributed by atoms with E-state index in [1.165, 1.54) is 12.3 Å². The molecule has 3 rings (SSSR count). The molecule has 1 aromatic heterocycles. The molecule has 0 radical (unpaired) electrons. The summed E-state index contributed by atoms with van der Waals surface area (Å²) >= 11 is 0. The first-order chi connectivity index (χ1) is 8.72. The molecule has 0 N–H and O–H groups in total. The lowest BCUT2D eigenvalue weighted by Gasteiger charge is -2.19. The number of rotatable bonds is 1. The SMILES string of the molecule is Cc1ccc2cc(C3CC(=O)C=CO3)ccc2n1. The van der Waals surface area contributed by atoms with Gasteiger partial charge < -0.3 is 4.74 Å². The molecule has 0 bridgehead atoms. The first-order valence-corrected chi connectivity index (χ1v) is 5.94. The van der Waals surface area contributed by atoms with Gasteiger partial charge in [0.05, 0.1) is 18.2 Å². The van der Waals surface area contributed by atoms with Crippen molar-refractivity contribution in [2.75, 3.05) is 0 Å². The van der Waals surface area contributed by atoms with Crippen LogP contribution in [0.5, 0.6) is 0 Å². The minimum atomic E-state index is -0.173. The van der Waals surface area contributed by atoms with E-state index in [0.717, 1.165) is 22.2 Å². The quantitative estimate of drug-likeness (QED) is 0.767. The Hall–Kier alpha value is -2.16. The van der Waals surface area contributed by atoms with Gasteiger partial charge in [0.1, 0.15) is 6.10 Å². The molecule has 1 aliphatic heterocycles. The summed E-state index contributed by atoms with van der Waals surface area (Å²) in [5, 5.41) is 1.07. The van der Waals surface area contributed by atoms with E-state index in [1.54, 1.807) is 0 Å². The molecule has 0 saturated carbocycles. The number of ketones is 1. The highest BCUT2D eigenvalue weighted by atomic mass is 16.5. The van der Waals surface area contributed by atoms with Crippen molar-refractivity contribution in [2.24, 2.45) is 0 Å². The molecular formula is C15H13NO2. The maximum atomic E-state index is 11.4. The van der Waals surface area contributed by atoms with Gasteiger partial charge in [-0.3, -0.25) is 9.78 Å². The van der Waals surface area contributed by atoms with Gasteiger partial charge in [0, 0.05) is 17.2 Å². The summed E-state index contributed by atoms with van der Waals surface area (Å²) in [7, 11) is 0. The van der Waals surface area contributed by atoms with Crippen molar-refractivity contribution in [2.45, 2.75) is 19.4 Å². The Morgan fingerprint density at radius 2 is 2.17 bits per heavy atom. The Morgan fingerprint density at radius 3 is 3.00 bits per heavy atom. The fraction of sp³-hybridized carbons (Fsp3) is 0.200. The summed E-state index contributed by atoms with van der Waals surface area (Å²) in [6.45, 7) is 1.97. The normalized spacial score (nSPS) is 18.9. The molecule has 90 valence electrons. The zero-order chi connectivity index (χ0) is 12.5. The van der Waals surface area contributed by atoms with Crippen LogP contribution < -0.4 is 0 Å². The molecule has 2 heterocycles. The Kier molecular flexibility index (Phi) is 2.59. The highest BCUT2D eigenvalue weighted by Crippen LogP contribution is 2.27. The summed E-state index contributed by atoms with van der Waals surface area (Å²) in [5.74, 6) is 0.105. The summed E-state index contributed by atoms with van der Waals surface area (Å²) in [6, 6.07) is 10.0. The molecule has 2 aromatic rings. The third-order valence-electron chi connectivity index (χ3n) is 3.11. The number of pyridine rings is 1. The summed E-state index contributed by atoms with van der Waals surface area (Å²) in [6.07, 6.45) is 3.19. The van der Waals surface area contributed by atoms with Crippen LogP contribution in [0.3, 0.4) is 0 Å². The first kappa shape index (κ1) is 11.0. The average molecular weight is 239 g/mol. The van der Waals surface area contributed by atoms with Gasteiger partial charge in [-0.15, -0.1) is 0 Å². The second kappa shape index (κ2) is 4.26. The summed E-state index contributed by atoms with van der Waals surface area (Å²) in [4.78, 5) is 15.8. The van der Waals surface area contributed by atoms with Crippen LogP contribution >= 0.6 is 0 Å². The van der Waals surface area contributed by atoms with E-state index in [1.807, 2.05) is 37.3 Å². The molecule has 0 spiro atoms. The molecule has 0 fully saturated rings. The number of aromatic nitrogens is 1. The molecule has 1 unspecified atom stereocenters. The van der Waals surface area contributed by atoms with E-state index in [4.69, 9.17) is 4.74 Å². The van der Waals surface area contributed by atoms with Crippen LogP contribution in [-0.4, -0.2) is 10.8 Å². The molecule has 0 aliphatic carbocycles. The van der Waals surface area contributed by atoms with E-state index in [-0.39, 0.29) is 11.9 Å². The predicted octanol–water partition coefficient (Wildman–Crippen LogP) is 3.09. The van der Waals surface area contributed by atoms with E-state index >= 15 is 0 Å². The van der Waals surface area contributed by atoms with Crippen molar-refractivity contribution in [1.82, 2.24) is 4.98 Å². The number of carbonyl (C=O) groups is 1. The van der Waals surface area contributed by atoms with Gasteiger partial charge in [-0.05, 0) is 30.7 Å². The van der Waals surface area contributed by atoms with Gasteiger partial charge in [-0.25, -0.2) is 0 Å². The number of carbonyl (C=O) groups excluding carboxylic acids is 1. The van der Waals surface area contributed by atoms with Gasteiger partial charge in [0.25, 0.3) is 0 Å². The zero-order valence-corrected chi connectivity index (χ0v) is 10.1. The molecule has 3 nitrogen and oxygen atoms in total. The fourth-order valence-corrected chi connectivity index (χ4v) is 2.15. The van der Waals surface area contributed by atoms with Crippen molar-refractivity contribution in [1.29, 1.82) is 0 Å². The standard InChI is InChI=1S/C15H13NO2/c1-10-2-3-11-8-12(4-5-14(11)16-10)15-9-13(17)6-7-18-15/h2-8,15H,9H2,1H3. The van der Waals surface area contributed by atoms with Gasteiger partial charge in [0.15, 0.2) is 5.78 Å². The Labute approximate surface area is 105 Å². The molecule has 1 atom stereocenters. The fourth-order valence-electron chi connectivity index (χ4n) is 2.15. The second-order valence-corrected chi connectivity index (χ2v) is 4.50. The number of hydrogen-bond acceptors (Lipinski definition) is 3. The summed E-state index contributed by atoms with van der Waals surface area (Å²) < 4.78 is 5.49. The van der Waals surface area contributed by atoms with E-state index < -0.39 is 0 Å². The Balaban J connectivity index is 2.00. The van der Waals surface area contributed by atoms with Crippen LogP contribution in [-0.2, 0) is 9.53 Å². The lowest BCUT2D eigenvalue weighted by atomic mass is 10.0. The van der Waals surface area contributed by atoms with Crippen LogP contribution in [0.4, 0.5) is 0 Å². The predicted molar refractivity (Wildman–Crippen MR) is 69.1 cm³/mol. The molecule has 1 aliphatic rings. The molecule has 0 amide bonds. The van der Waals surface area contributed by atoms with Crippen molar-refractivity contribution in [3.05, 3.63) is 53.9 Å².